The van der Waals surface area contributed by atoms with E-state index >= 15 is 0 Å². The number of benzene rings is 2. The van der Waals surface area contributed by atoms with Crippen molar-refractivity contribution in [2.75, 3.05) is 0 Å². The monoisotopic (exact) mass is 220 g/mol. The molecular weight excluding hydrogens is 208 g/mol. The highest BCUT2D eigenvalue weighted by Crippen LogP contribution is 2.32. The quantitative estimate of drug-likeness (QED) is 0.570. The van der Waals surface area contributed by atoms with E-state index in [2.05, 4.69) is 29.7 Å². The van der Waals surface area contributed by atoms with Crippen molar-refractivity contribution < 1.29 is 0 Å². The Morgan fingerprint density at radius 2 is 1.88 bits per heavy atom. The van der Waals surface area contributed by atoms with E-state index in [9.17, 15) is 5.26 Å². The molecule has 0 bridgehead atoms. The zero-order valence-corrected chi connectivity index (χ0v) is 9.86. The average Bonchev–Trinajstić information content (AvgIpc) is 2.66. The van der Waals surface area contributed by atoms with Gasteiger partial charge in [0.05, 0.1) is 11.1 Å². The summed E-state index contributed by atoms with van der Waals surface area (Å²) in [5.74, 6) is 0. The predicted molar refractivity (Wildman–Crippen MR) is 69.9 cm³/mol. The Bertz CT molecular complexity index is 773. The maximum absolute atomic E-state index is 9.21. The summed E-state index contributed by atoms with van der Waals surface area (Å²) in [6.45, 7) is 2.09. The normalized spacial score (nSPS) is 10.9. The first-order chi connectivity index (χ1) is 8.24. The van der Waals surface area contributed by atoms with Crippen LogP contribution in [0.15, 0.2) is 36.4 Å². The molecule has 3 rings (SSSR count). The third-order valence-corrected chi connectivity index (χ3v) is 3.38. The molecule has 2 heteroatoms. The fourth-order valence-corrected chi connectivity index (χ4v) is 2.57. The van der Waals surface area contributed by atoms with Crippen molar-refractivity contribution in [1.82, 2.24) is 4.57 Å². The molecular formula is C15H12N2. The second-order valence-electron chi connectivity index (χ2n) is 4.34. The maximum atomic E-state index is 9.21. The molecule has 0 fully saturated rings. The molecule has 0 radical (unpaired) electrons. The van der Waals surface area contributed by atoms with Gasteiger partial charge in [0.1, 0.15) is 6.07 Å². The zero-order valence-electron chi connectivity index (χ0n) is 9.86. The van der Waals surface area contributed by atoms with Crippen LogP contribution in [0.5, 0.6) is 0 Å². The summed E-state index contributed by atoms with van der Waals surface area (Å²) in [7, 11) is 2.02. The molecule has 0 N–H and O–H groups in total. The van der Waals surface area contributed by atoms with Gasteiger partial charge in [-0.3, -0.25) is 0 Å². The van der Waals surface area contributed by atoms with Crippen LogP contribution in [-0.2, 0) is 7.05 Å². The van der Waals surface area contributed by atoms with E-state index < -0.39 is 0 Å². The largest absolute Gasteiger partial charge is 0.343 e. The lowest BCUT2D eigenvalue weighted by atomic mass is 10.0. The number of para-hydroxylation sites is 1. The van der Waals surface area contributed by atoms with Crippen LogP contribution in [0.25, 0.3) is 21.8 Å². The van der Waals surface area contributed by atoms with Gasteiger partial charge in [-0.25, -0.2) is 0 Å². The van der Waals surface area contributed by atoms with Crippen LogP contribution in [0.4, 0.5) is 0 Å². The topological polar surface area (TPSA) is 28.7 Å². The first-order valence-electron chi connectivity index (χ1n) is 5.61. The van der Waals surface area contributed by atoms with Crippen molar-refractivity contribution in [1.29, 1.82) is 5.26 Å². The molecule has 1 heterocycles. The lowest BCUT2D eigenvalue weighted by molar-refractivity contribution is 1.01. The number of rotatable bonds is 0. The summed E-state index contributed by atoms with van der Waals surface area (Å²) in [6, 6.07) is 14.5. The van der Waals surface area contributed by atoms with Crippen molar-refractivity contribution in [3.8, 4) is 6.07 Å². The van der Waals surface area contributed by atoms with E-state index in [-0.39, 0.29) is 0 Å². The first kappa shape index (κ1) is 9.92. The van der Waals surface area contributed by atoms with Crippen molar-refractivity contribution >= 4 is 21.8 Å². The van der Waals surface area contributed by atoms with Gasteiger partial charge in [0.25, 0.3) is 0 Å². The Labute approximate surface area is 99.7 Å². The van der Waals surface area contributed by atoms with Gasteiger partial charge in [-0.1, -0.05) is 24.3 Å². The molecule has 0 unspecified atom stereocenters. The molecule has 17 heavy (non-hydrogen) atoms. The summed E-state index contributed by atoms with van der Waals surface area (Å²) in [6.07, 6.45) is 0. The van der Waals surface area contributed by atoms with Gasteiger partial charge in [-0.05, 0) is 24.6 Å². The molecule has 0 amide bonds. The van der Waals surface area contributed by atoms with Crippen LogP contribution < -0.4 is 0 Å². The molecule has 2 nitrogen and oxygen atoms in total. The summed E-state index contributed by atoms with van der Waals surface area (Å²) in [5.41, 5.74) is 4.17. The van der Waals surface area contributed by atoms with E-state index in [0.29, 0.717) is 0 Å². The lowest BCUT2D eigenvalue weighted by Gasteiger charge is -2.01. The molecule has 0 aliphatic rings. The molecule has 0 atom stereocenters. The Balaban J connectivity index is 2.71. The van der Waals surface area contributed by atoms with Crippen molar-refractivity contribution in [3.63, 3.8) is 0 Å². The smallest absolute Gasteiger partial charge is 0.101 e. The van der Waals surface area contributed by atoms with Crippen LogP contribution in [0.2, 0.25) is 0 Å². The van der Waals surface area contributed by atoms with Gasteiger partial charge in [0.15, 0.2) is 0 Å². The predicted octanol–water partition coefficient (Wildman–Crippen LogP) is 3.51. The van der Waals surface area contributed by atoms with E-state index in [1.807, 2.05) is 31.3 Å². The Morgan fingerprint density at radius 1 is 1.12 bits per heavy atom. The molecule has 0 spiro atoms. The Hall–Kier alpha value is -2.27. The number of nitriles is 1. The molecule has 3 aromatic rings. The highest BCUT2D eigenvalue weighted by Gasteiger charge is 2.12. The average molecular weight is 220 g/mol. The van der Waals surface area contributed by atoms with Gasteiger partial charge in [-0.2, -0.15) is 5.26 Å². The van der Waals surface area contributed by atoms with Crippen LogP contribution in [0.3, 0.4) is 0 Å². The van der Waals surface area contributed by atoms with E-state index in [1.165, 1.54) is 21.9 Å². The summed E-state index contributed by atoms with van der Waals surface area (Å²) in [4.78, 5) is 0. The highest BCUT2D eigenvalue weighted by molar-refractivity contribution is 6.11. The number of nitrogens with zero attached hydrogens (tertiary/aromatic N) is 2. The third-order valence-electron chi connectivity index (χ3n) is 3.38. The highest BCUT2D eigenvalue weighted by atomic mass is 14.9. The van der Waals surface area contributed by atoms with Crippen LogP contribution in [0, 0.1) is 18.3 Å². The van der Waals surface area contributed by atoms with Crippen molar-refractivity contribution in [2.45, 2.75) is 6.92 Å². The van der Waals surface area contributed by atoms with Gasteiger partial charge in [-0.15, -0.1) is 0 Å². The van der Waals surface area contributed by atoms with Gasteiger partial charge >= 0.3 is 0 Å². The molecule has 0 aliphatic carbocycles. The zero-order chi connectivity index (χ0) is 12.0. The van der Waals surface area contributed by atoms with E-state index in [1.54, 1.807) is 0 Å². The molecule has 1 aromatic heterocycles. The number of aromatic nitrogens is 1. The van der Waals surface area contributed by atoms with Gasteiger partial charge in [0.2, 0.25) is 0 Å². The van der Waals surface area contributed by atoms with Crippen molar-refractivity contribution in [3.05, 3.63) is 47.5 Å². The fourth-order valence-electron chi connectivity index (χ4n) is 2.57. The van der Waals surface area contributed by atoms with Gasteiger partial charge in [0, 0.05) is 23.3 Å². The molecule has 82 valence electrons. The van der Waals surface area contributed by atoms with Crippen LogP contribution >= 0.6 is 0 Å². The summed E-state index contributed by atoms with van der Waals surface area (Å²) in [5, 5.41) is 11.6. The first-order valence-corrected chi connectivity index (χ1v) is 5.61. The van der Waals surface area contributed by atoms with Crippen LogP contribution in [-0.4, -0.2) is 4.57 Å². The SMILES string of the molecule is Cc1ccc(C#N)c2c1c1ccccc1n2C. The molecule has 0 saturated carbocycles. The molecule has 0 aliphatic heterocycles. The molecule has 2 aromatic carbocycles. The summed E-state index contributed by atoms with van der Waals surface area (Å²) < 4.78 is 2.11. The minimum atomic E-state index is 0.740. The maximum Gasteiger partial charge on any atom is 0.101 e. The second-order valence-corrected chi connectivity index (χ2v) is 4.34. The third kappa shape index (κ3) is 1.20. The standard InChI is InChI=1S/C15H12N2/c1-10-7-8-11(9-16)15-14(10)12-5-3-4-6-13(12)17(15)2/h3-8H,1-2H3. The number of fused-ring (bicyclic) bond motifs is 3. The van der Waals surface area contributed by atoms with Gasteiger partial charge < -0.3 is 4.57 Å². The number of aryl methyl sites for hydroxylation is 2. The second kappa shape index (κ2) is 3.36. The van der Waals surface area contributed by atoms with E-state index in [4.69, 9.17) is 0 Å². The minimum Gasteiger partial charge on any atom is -0.343 e. The van der Waals surface area contributed by atoms with Crippen molar-refractivity contribution in [2.24, 2.45) is 7.05 Å². The fraction of sp³-hybridized carbons (Fsp3) is 0.133. The summed E-state index contributed by atoms with van der Waals surface area (Å²) >= 11 is 0. The van der Waals surface area contributed by atoms with E-state index in [0.717, 1.165) is 11.1 Å². The lowest BCUT2D eigenvalue weighted by Crippen LogP contribution is -1.90. The number of hydrogen-bond donors (Lipinski definition) is 0. The van der Waals surface area contributed by atoms with Crippen LogP contribution in [0.1, 0.15) is 11.1 Å². The Morgan fingerprint density at radius 3 is 2.65 bits per heavy atom. The molecule has 0 saturated heterocycles. The number of hydrogen-bond acceptors (Lipinski definition) is 1. The minimum absolute atomic E-state index is 0.740. The Kier molecular flexibility index (Phi) is 1.96.